The highest BCUT2D eigenvalue weighted by atomic mass is 16.5. The van der Waals surface area contributed by atoms with E-state index in [0.717, 1.165) is 6.42 Å². The lowest BCUT2D eigenvalue weighted by Gasteiger charge is -2.26. The molecular weight excluding hydrogens is 174 g/mol. The van der Waals surface area contributed by atoms with Gasteiger partial charge in [-0.3, -0.25) is 0 Å². The molecule has 0 bridgehead atoms. The van der Waals surface area contributed by atoms with Gasteiger partial charge in [0.15, 0.2) is 0 Å². The summed E-state index contributed by atoms with van der Waals surface area (Å²) in [6.45, 7) is 5.35. The van der Waals surface area contributed by atoms with Gasteiger partial charge in [0.05, 0.1) is 12.2 Å². The van der Waals surface area contributed by atoms with Crippen molar-refractivity contribution in [2.24, 2.45) is 5.73 Å². The van der Waals surface area contributed by atoms with Gasteiger partial charge in [-0.15, -0.1) is 0 Å². The summed E-state index contributed by atoms with van der Waals surface area (Å²) in [5.41, 5.74) is 6.67. The Kier molecular flexibility index (Phi) is 4.11. The molecule has 1 aromatic rings. The van der Waals surface area contributed by atoms with E-state index >= 15 is 0 Å². The molecule has 0 fully saturated rings. The molecule has 0 amide bonds. The van der Waals surface area contributed by atoms with Gasteiger partial charge < -0.3 is 10.5 Å². The van der Waals surface area contributed by atoms with Crippen LogP contribution in [0.2, 0.25) is 0 Å². The zero-order valence-electron chi connectivity index (χ0n) is 8.99. The van der Waals surface area contributed by atoms with Gasteiger partial charge in [-0.25, -0.2) is 0 Å². The molecule has 0 heterocycles. The Hall–Kier alpha value is -0.860. The van der Waals surface area contributed by atoms with Crippen LogP contribution in [0.1, 0.15) is 25.8 Å². The summed E-state index contributed by atoms with van der Waals surface area (Å²) in [4.78, 5) is 0. The van der Waals surface area contributed by atoms with Crippen molar-refractivity contribution in [3.05, 3.63) is 35.9 Å². The molecule has 0 aliphatic rings. The second-order valence-electron chi connectivity index (χ2n) is 3.78. The lowest BCUT2D eigenvalue weighted by atomic mass is 10.0. The van der Waals surface area contributed by atoms with E-state index in [4.69, 9.17) is 10.5 Å². The maximum atomic E-state index is 5.79. The van der Waals surface area contributed by atoms with Crippen LogP contribution in [0.3, 0.4) is 0 Å². The SMILES string of the molecule is CCC(C)(CN)OCc1ccccc1. The minimum atomic E-state index is -0.185. The largest absolute Gasteiger partial charge is 0.369 e. The van der Waals surface area contributed by atoms with Gasteiger partial charge in [0.25, 0.3) is 0 Å². The quantitative estimate of drug-likeness (QED) is 0.779. The highest BCUT2D eigenvalue weighted by Gasteiger charge is 2.20. The Morgan fingerprint density at radius 3 is 2.43 bits per heavy atom. The fourth-order valence-corrected chi connectivity index (χ4v) is 1.14. The van der Waals surface area contributed by atoms with E-state index in [1.54, 1.807) is 0 Å². The number of hydrogen-bond donors (Lipinski definition) is 1. The molecule has 2 N–H and O–H groups in total. The van der Waals surface area contributed by atoms with Gasteiger partial charge in [-0.2, -0.15) is 0 Å². The fourth-order valence-electron chi connectivity index (χ4n) is 1.14. The van der Waals surface area contributed by atoms with Crippen molar-refractivity contribution in [2.75, 3.05) is 6.54 Å². The molecule has 78 valence electrons. The monoisotopic (exact) mass is 193 g/mol. The van der Waals surface area contributed by atoms with Crippen molar-refractivity contribution < 1.29 is 4.74 Å². The van der Waals surface area contributed by atoms with Gasteiger partial charge in [0.2, 0.25) is 0 Å². The first kappa shape index (κ1) is 11.2. The molecule has 0 spiro atoms. The van der Waals surface area contributed by atoms with E-state index in [2.05, 4.69) is 26.0 Å². The molecule has 2 nitrogen and oxygen atoms in total. The minimum absolute atomic E-state index is 0.185. The molecule has 0 saturated carbocycles. The van der Waals surface area contributed by atoms with Crippen LogP contribution in [0, 0.1) is 0 Å². The topological polar surface area (TPSA) is 35.2 Å². The van der Waals surface area contributed by atoms with E-state index in [0.29, 0.717) is 13.2 Å². The molecule has 0 aromatic heterocycles. The third-order valence-electron chi connectivity index (χ3n) is 2.61. The highest BCUT2D eigenvalue weighted by Crippen LogP contribution is 2.15. The minimum Gasteiger partial charge on any atom is -0.369 e. The van der Waals surface area contributed by atoms with Crippen LogP contribution >= 0.6 is 0 Å². The van der Waals surface area contributed by atoms with Gasteiger partial charge in [0.1, 0.15) is 0 Å². The lowest BCUT2D eigenvalue weighted by Crippen LogP contribution is -2.36. The Balaban J connectivity index is 2.48. The van der Waals surface area contributed by atoms with E-state index in [1.165, 1.54) is 5.56 Å². The zero-order valence-corrected chi connectivity index (χ0v) is 8.99. The summed E-state index contributed by atoms with van der Waals surface area (Å²) in [6.07, 6.45) is 0.941. The summed E-state index contributed by atoms with van der Waals surface area (Å²) < 4.78 is 5.79. The summed E-state index contributed by atoms with van der Waals surface area (Å²) in [6, 6.07) is 10.2. The predicted molar refractivity (Wildman–Crippen MR) is 59.0 cm³/mol. The standard InChI is InChI=1S/C12H19NO/c1-3-12(2,10-13)14-9-11-7-5-4-6-8-11/h4-8H,3,9-10,13H2,1-2H3. The van der Waals surface area contributed by atoms with Crippen LogP contribution in [0.15, 0.2) is 30.3 Å². The third-order valence-corrected chi connectivity index (χ3v) is 2.61. The molecule has 1 aromatic carbocycles. The second kappa shape index (κ2) is 5.13. The molecule has 0 radical (unpaired) electrons. The Labute approximate surface area is 86.1 Å². The van der Waals surface area contributed by atoms with E-state index in [-0.39, 0.29) is 5.60 Å². The van der Waals surface area contributed by atoms with Gasteiger partial charge in [-0.05, 0) is 18.9 Å². The van der Waals surface area contributed by atoms with E-state index in [9.17, 15) is 0 Å². The normalized spacial score (nSPS) is 15.1. The fraction of sp³-hybridized carbons (Fsp3) is 0.500. The number of nitrogens with two attached hydrogens (primary N) is 1. The van der Waals surface area contributed by atoms with Gasteiger partial charge in [-0.1, -0.05) is 37.3 Å². The number of hydrogen-bond acceptors (Lipinski definition) is 2. The third kappa shape index (κ3) is 3.13. The molecule has 1 rings (SSSR count). The van der Waals surface area contributed by atoms with Crippen molar-refractivity contribution in [1.29, 1.82) is 0 Å². The Bertz CT molecular complexity index is 254. The van der Waals surface area contributed by atoms with Crippen molar-refractivity contribution in [2.45, 2.75) is 32.5 Å². The molecule has 1 unspecified atom stereocenters. The summed E-state index contributed by atoms with van der Waals surface area (Å²) in [5.74, 6) is 0. The van der Waals surface area contributed by atoms with Crippen LogP contribution in [0.5, 0.6) is 0 Å². The maximum absolute atomic E-state index is 5.79. The van der Waals surface area contributed by atoms with Crippen LogP contribution in [0.25, 0.3) is 0 Å². The maximum Gasteiger partial charge on any atom is 0.0778 e. The smallest absolute Gasteiger partial charge is 0.0778 e. The molecule has 0 aliphatic carbocycles. The van der Waals surface area contributed by atoms with Crippen molar-refractivity contribution in [1.82, 2.24) is 0 Å². The Morgan fingerprint density at radius 2 is 1.93 bits per heavy atom. The van der Waals surface area contributed by atoms with Crippen LogP contribution in [-0.2, 0) is 11.3 Å². The molecule has 0 saturated heterocycles. The highest BCUT2D eigenvalue weighted by molar-refractivity contribution is 5.13. The van der Waals surface area contributed by atoms with Crippen LogP contribution in [-0.4, -0.2) is 12.1 Å². The zero-order chi connectivity index (χ0) is 10.4. The molecule has 1 atom stereocenters. The predicted octanol–water partition coefficient (Wildman–Crippen LogP) is 2.33. The summed E-state index contributed by atoms with van der Waals surface area (Å²) in [5, 5.41) is 0. The lowest BCUT2D eigenvalue weighted by molar-refractivity contribution is -0.0387. The summed E-state index contributed by atoms with van der Waals surface area (Å²) >= 11 is 0. The first-order valence-corrected chi connectivity index (χ1v) is 5.08. The molecule has 0 aliphatic heterocycles. The second-order valence-corrected chi connectivity index (χ2v) is 3.78. The first-order valence-electron chi connectivity index (χ1n) is 5.08. The van der Waals surface area contributed by atoms with Crippen molar-refractivity contribution in [3.8, 4) is 0 Å². The number of rotatable bonds is 5. The molecule has 2 heteroatoms. The first-order chi connectivity index (χ1) is 6.70. The van der Waals surface area contributed by atoms with Crippen LogP contribution in [0.4, 0.5) is 0 Å². The van der Waals surface area contributed by atoms with Gasteiger partial charge in [0, 0.05) is 6.54 Å². The van der Waals surface area contributed by atoms with E-state index in [1.807, 2.05) is 18.2 Å². The van der Waals surface area contributed by atoms with Crippen molar-refractivity contribution >= 4 is 0 Å². The Morgan fingerprint density at radius 1 is 1.29 bits per heavy atom. The van der Waals surface area contributed by atoms with Crippen LogP contribution < -0.4 is 5.73 Å². The van der Waals surface area contributed by atoms with Crippen molar-refractivity contribution in [3.63, 3.8) is 0 Å². The molecular formula is C12H19NO. The number of ether oxygens (including phenoxy) is 1. The van der Waals surface area contributed by atoms with Gasteiger partial charge >= 0.3 is 0 Å². The van der Waals surface area contributed by atoms with E-state index < -0.39 is 0 Å². The molecule has 14 heavy (non-hydrogen) atoms. The average Bonchev–Trinajstić information content (AvgIpc) is 2.27. The summed E-state index contributed by atoms with van der Waals surface area (Å²) in [7, 11) is 0. The average molecular weight is 193 g/mol. The number of benzene rings is 1.